The van der Waals surface area contributed by atoms with Crippen LogP contribution in [0.15, 0.2) is 42.5 Å². The zero-order chi connectivity index (χ0) is 21.0. The first-order chi connectivity index (χ1) is 14.0. The molecular formula is C21H20N2O5S. The van der Waals surface area contributed by atoms with Gasteiger partial charge in [0.2, 0.25) is 5.91 Å². The summed E-state index contributed by atoms with van der Waals surface area (Å²) in [6.45, 7) is 1.60. The molecule has 0 aliphatic carbocycles. The van der Waals surface area contributed by atoms with Crippen LogP contribution in [0.25, 0.3) is 10.8 Å². The van der Waals surface area contributed by atoms with Crippen LogP contribution in [0.5, 0.6) is 0 Å². The highest BCUT2D eigenvalue weighted by atomic mass is 32.1. The molecule has 2 aromatic carbocycles. The number of carbonyl (C=O) groups is 3. The summed E-state index contributed by atoms with van der Waals surface area (Å²) < 4.78 is 9.54. The van der Waals surface area contributed by atoms with E-state index in [0.29, 0.717) is 5.56 Å². The van der Waals surface area contributed by atoms with Crippen molar-refractivity contribution in [3.63, 3.8) is 0 Å². The van der Waals surface area contributed by atoms with Gasteiger partial charge in [-0.05, 0) is 23.9 Å². The largest absolute Gasteiger partial charge is 0.465 e. The molecule has 1 aromatic heterocycles. The Balaban J connectivity index is 1.79. The van der Waals surface area contributed by atoms with Crippen molar-refractivity contribution < 1.29 is 23.9 Å². The second-order valence-electron chi connectivity index (χ2n) is 6.17. The molecule has 1 amide bonds. The summed E-state index contributed by atoms with van der Waals surface area (Å²) in [4.78, 5) is 36.8. The number of ether oxygens (including phenoxy) is 2. The van der Waals surface area contributed by atoms with Crippen molar-refractivity contribution in [3.8, 4) is 0 Å². The fourth-order valence-corrected chi connectivity index (χ4v) is 4.09. The Bertz CT molecular complexity index is 1080. The SMILES string of the molecule is COC(=O)c1sc(NC(=O)CNc2cccc3ccccc23)c(C(=O)OC)c1C. The van der Waals surface area contributed by atoms with Crippen molar-refractivity contribution in [1.82, 2.24) is 0 Å². The summed E-state index contributed by atoms with van der Waals surface area (Å²) in [7, 11) is 2.50. The van der Waals surface area contributed by atoms with Gasteiger partial charge in [-0.25, -0.2) is 9.59 Å². The highest BCUT2D eigenvalue weighted by Gasteiger charge is 2.26. The van der Waals surface area contributed by atoms with Crippen LogP contribution in [0.1, 0.15) is 25.6 Å². The Kier molecular flexibility index (Phi) is 6.13. The van der Waals surface area contributed by atoms with Crippen LogP contribution in [0.4, 0.5) is 10.7 Å². The van der Waals surface area contributed by atoms with Gasteiger partial charge in [0.15, 0.2) is 0 Å². The van der Waals surface area contributed by atoms with E-state index in [2.05, 4.69) is 10.6 Å². The predicted octanol–water partition coefficient (Wildman–Crippen LogP) is 3.83. The molecule has 0 saturated carbocycles. The topological polar surface area (TPSA) is 93.7 Å². The molecule has 0 spiro atoms. The van der Waals surface area contributed by atoms with Crippen molar-refractivity contribution >= 4 is 50.6 Å². The quantitative estimate of drug-likeness (QED) is 0.598. The molecule has 0 fully saturated rings. The third-order valence-corrected chi connectivity index (χ3v) is 5.58. The maximum absolute atomic E-state index is 12.5. The molecule has 0 saturated heterocycles. The number of hydrogen-bond donors (Lipinski definition) is 2. The zero-order valence-electron chi connectivity index (χ0n) is 16.2. The number of carbonyl (C=O) groups excluding carboxylic acids is 3. The normalized spacial score (nSPS) is 10.4. The number of nitrogens with one attached hydrogen (secondary N) is 2. The van der Waals surface area contributed by atoms with Crippen LogP contribution in [0.3, 0.4) is 0 Å². The molecule has 1 heterocycles. The van der Waals surface area contributed by atoms with Gasteiger partial charge in [0.05, 0.1) is 26.3 Å². The van der Waals surface area contributed by atoms with Crippen LogP contribution >= 0.6 is 11.3 Å². The first-order valence-corrected chi connectivity index (χ1v) is 9.59. The number of anilines is 2. The standard InChI is InChI=1S/C21H20N2O5S/c1-12-17(20(25)27-2)19(29-18(12)21(26)28-3)23-16(24)11-22-15-10-6-8-13-7-4-5-9-14(13)15/h4-10,22H,11H2,1-3H3,(H,23,24). The highest BCUT2D eigenvalue weighted by molar-refractivity contribution is 7.18. The zero-order valence-corrected chi connectivity index (χ0v) is 17.0. The fourth-order valence-electron chi connectivity index (χ4n) is 2.96. The van der Waals surface area contributed by atoms with E-state index in [1.165, 1.54) is 14.2 Å². The van der Waals surface area contributed by atoms with Crippen LogP contribution in [-0.4, -0.2) is 38.6 Å². The minimum Gasteiger partial charge on any atom is -0.465 e. The average molecular weight is 412 g/mol. The highest BCUT2D eigenvalue weighted by Crippen LogP contribution is 2.34. The Morgan fingerprint density at radius 3 is 2.38 bits per heavy atom. The van der Waals surface area contributed by atoms with Crippen LogP contribution in [0, 0.1) is 6.92 Å². The Hall–Kier alpha value is -3.39. The fraction of sp³-hybridized carbons (Fsp3) is 0.190. The van der Waals surface area contributed by atoms with E-state index in [4.69, 9.17) is 9.47 Å². The first kappa shape index (κ1) is 20.3. The van der Waals surface area contributed by atoms with Gasteiger partial charge >= 0.3 is 11.9 Å². The first-order valence-electron chi connectivity index (χ1n) is 8.77. The van der Waals surface area contributed by atoms with Gasteiger partial charge < -0.3 is 20.1 Å². The summed E-state index contributed by atoms with van der Waals surface area (Å²) in [5.41, 5.74) is 1.38. The summed E-state index contributed by atoms with van der Waals surface area (Å²) >= 11 is 0.980. The van der Waals surface area contributed by atoms with Crippen molar-refractivity contribution in [1.29, 1.82) is 0 Å². The lowest BCUT2D eigenvalue weighted by Crippen LogP contribution is -2.22. The lowest BCUT2D eigenvalue weighted by atomic mass is 10.1. The van der Waals surface area contributed by atoms with Gasteiger partial charge in [-0.3, -0.25) is 4.79 Å². The van der Waals surface area contributed by atoms with E-state index < -0.39 is 11.9 Å². The molecule has 3 rings (SSSR count). The van der Waals surface area contributed by atoms with Gasteiger partial charge in [-0.1, -0.05) is 36.4 Å². The predicted molar refractivity (Wildman–Crippen MR) is 113 cm³/mol. The molecule has 0 unspecified atom stereocenters. The van der Waals surface area contributed by atoms with E-state index >= 15 is 0 Å². The molecule has 150 valence electrons. The summed E-state index contributed by atoms with van der Waals surface area (Å²) in [5, 5.41) is 8.11. The number of methoxy groups -OCH3 is 2. The van der Waals surface area contributed by atoms with Gasteiger partial charge in [0, 0.05) is 11.1 Å². The van der Waals surface area contributed by atoms with Crippen LogP contribution in [-0.2, 0) is 14.3 Å². The Morgan fingerprint density at radius 1 is 0.966 bits per heavy atom. The van der Waals surface area contributed by atoms with Crippen LogP contribution in [0.2, 0.25) is 0 Å². The molecule has 0 radical (unpaired) electrons. The lowest BCUT2D eigenvalue weighted by Gasteiger charge is -2.10. The number of rotatable bonds is 6. The summed E-state index contributed by atoms with van der Waals surface area (Å²) in [5.74, 6) is -1.57. The van der Waals surface area contributed by atoms with E-state index in [0.717, 1.165) is 27.8 Å². The molecule has 0 bridgehead atoms. The number of thiophene rings is 1. The van der Waals surface area contributed by atoms with Gasteiger partial charge in [-0.15, -0.1) is 11.3 Å². The minimum absolute atomic E-state index is 0.0148. The Labute approximate surface area is 171 Å². The molecule has 8 heteroatoms. The molecule has 0 aliphatic rings. The summed E-state index contributed by atoms with van der Waals surface area (Å²) in [6.07, 6.45) is 0. The van der Waals surface area contributed by atoms with Gasteiger partial charge in [0.1, 0.15) is 9.88 Å². The number of benzene rings is 2. The molecule has 0 aliphatic heterocycles. The van der Waals surface area contributed by atoms with Crippen molar-refractivity contribution in [3.05, 3.63) is 58.5 Å². The molecule has 3 aromatic rings. The van der Waals surface area contributed by atoms with E-state index in [1.54, 1.807) is 6.92 Å². The minimum atomic E-state index is -0.633. The second-order valence-corrected chi connectivity index (χ2v) is 7.19. The molecule has 0 atom stereocenters. The van der Waals surface area contributed by atoms with Crippen molar-refractivity contribution in [2.45, 2.75) is 6.92 Å². The van der Waals surface area contributed by atoms with E-state index in [9.17, 15) is 14.4 Å². The van der Waals surface area contributed by atoms with E-state index in [-0.39, 0.29) is 27.9 Å². The average Bonchev–Trinajstić information content (AvgIpc) is 3.06. The molecule has 7 nitrogen and oxygen atoms in total. The van der Waals surface area contributed by atoms with E-state index in [1.807, 2.05) is 42.5 Å². The third-order valence-electron chi connectivity index (χ3n) is 4.39. The monoisotopic (exact) mass is 412 g/mol. The smallest absolute Gasteiger partial charge is 0.348 e. The number of fused-ring (bicyclic) bond motifs is 1. The van der Waals surface area contributed by atoms with Crippen LogP contribution < -0.4 is 10.6 Å². The molecule has 29 heavy (non-hydrogen) atoms. The third kappa shape index (κ3) is 4.22. The summed E-state index contributed by atoms with van der Waals surface area (Å²) in [6, 6.07) is 13.6. The maximum Gasteiger partial charge on any atom is 0.348 e. The van der Waals surface area contributed by atoms with Crippen molar-refractivity contribution in [2.75, 3.05) is 31.4 Å². The molecule has 2 N–H and O–H groups in total. The second kappa shape index (κ2) is 8.74. The lowest BCUT2D eigenvalue weighted by molar-refractivity contribution is -0.114. The number of hydrogen-bond acceptors (Lipinski definition) is 7. The number of esters is 2. The Morgan fingerprint density at radius 2 is 1.66 bits per heavy atom. The molecular weight excluding hydrogens is 392 g/mol. The van der Waals surface area contributed by atoms with Gasteiger partial charge in [-0.2, -0.15) is 0 Å². The maximum atomic E-state index is 12.5. The van der Waals surface area contributed by atoms with Crippen molar-refractivity contribution in [2.24, 2.45) is 0 Å². The number of amides is 1. The van der Waals surface area contributed by atoms with Gasteiger partial charge in [0.25, 0.3) is 0 Å².